The molecule has 0 bridgehead atoms. The summed E-state index contributed by atoms with van der Waals surface area (Å²) in [7, 11) is -4.34. The van der Waals surface area contributed by atoms with E-state index in [2.05, 4.69) is 13.8 Å². The Labute approximate surface area is 232 Å². The van der Waals surface area contributed by atoms with Crippen molar-refractivity contribution in [3.8, 4) is 0 Å². The number of carbonyl (C=O) groups is 2. The molecule has 0 saturated heterocycles. The first-order valence-electron chi connectivity index (χ1n) is 14.5. The van der Waals surface area contributed by atoms with Crippen LogP contribution in [-0.2, 0) is 32.7 Å². The fourth-order valence-electron chi connectivity index (χ4n) is 3.81. The predicted octanol–water partition coefficient (Wildman–Crippen LogP) is 7.23. The number of nitrogens with two attached hydrogens (primary N) is 1. The zero-order chi connectivity index (χ0) is 27.6. The highest BCUT2D eigenvalue weighted by atomic mass is 31.2. The monoisotopic (exact) mass is 567 g/mol. The molecule has 3 N–H and O–H groups in total. The van der Waals surface area contributed by atoms with Gasteiger partial charge in [-0.05, 0) is 12.8 Å². The SMILES string of the molecule is C.CCCCCCCCCCCCCCC(=O)OC[C@H](COP(=O)(O)OCCN)OC(=O)CCCCCC. The maximum absolute atomic E-state index is 12.2. The number of unbranched alkanes of at least 4 members (excludes halogenated alkanes) is 14. The highest BCUT2D eigenvalue weighted by molar-refractivity contribution is 7.47. The van der Waals surface area contributed by atoms with Crippen molar-refractivity contribution in [2.24, 2.45) is 5.73 Å². The number of hydrogen-bond donors (Lipinski definition) is 2. The summed E-state index contributed by atoms with van der Waals surface area (Å²) in [5.74, 6) is -0.847. The molecule has 1 unspecified atom stereocenters. The number of phosphoric acid groups is 1. The Bertz CT molecular complexity index is 605. The quantitative estimate of drug-likeness (QED) is 0.0598. The van der Waals surface area contributed by atoms with Gasteiger partial charge in [-0.25, -0.2) is 4.57 Å². The first-order valence-corrected chi connectivity index (χ1v) is 16.0. The van der Waals surface area contributed by atoms with Crippen LogP contribution < -0.4 is 5.73 Å². The van der Waals surface area contributed by atoms with Crippen molar-refractivity contribution < 1.29 is 37.6 Å². The number of hydrogen-bond acceptors (Lipinski definition) is 8. The summed E-state index contributed by atoms with van der Waals surface area (Å²) in [6.07, 6.45) is 17.7. The van der Waals surface area contributed by atoms with Gasteiger partial charge in [0.25, 0.3) is 0 Å². The molecule has 0 aliphatic rings. The lowest BCUT2D eigenvalue weighted by Crippen LogP contribution is -2.29. The van der Waals surface area contributed by atoms with Gasteiger partial charge in [0.15, 0.2) is 6.10 Å². The summed E-state index contributed by atoms with van der Waals surface area (Å²) in [5.41, 5.74) is 5.27. The molecule has 0 heterocycles. The molecule has 0 rings (SSSR count). The van der Waals surface area contributed by atoms with E-state index in [4.69, 9.17) is 24.3 Å². The van der Waals surface area contributed by atoms with Gasteiger partial charge < -0.3 is 20.1 Å². The second-order valence-electron chi connectivity index (χ2n) is 9.63. The van der Waals surface area contributed by atoms with E-state index >= 15 is 0 Å². The second-order valence-corrected chi connectivity index (χ2v) is 11.1. The molecular weight excluding hydrogens is 509 g/mol. The average molecular weight is 568 g/mol. The van der Waals surface area contributed by atoms with Gasteiger partial charge >= 0.3 is 19.8 Å². The third kappa shape index (κ3) is 26.6. The molecule has 0 aliphatic heterocycles. The van der Waals surface area contributed by atoms with Crippen molar-refractivity contribution in [2.45, 2.75) is 143 Å². The molecule has 38 heavy (non-hydrogen) atoms. The maximum atomic E-state index is 12.2. The fourth-order valence-corrected chi connectivity index (χ4v) is 4.57. The molecule has 0 fully saturated rings. The van der Waals surface area contributed by atoms with E-state index in [0.717, 1.165) is 38.5 Å². The molecule has 0 radical (unpaired) electrons. The Morgan fingerprint density at radius 1 is 0.711 bits per heavy atom. The van der Waals surface area contributed by atoms with Crippen molar-refractivity contribution in [1.82, 2.24) is 0 Å². The third-order valence-corrected chi connectivity index (χ3v) is 6.98. The summed E-state index contributed by atoms with van der Waals surface area (Å²) in [4.78, 5) is 34.0. The van der Waals surface area contributed by atoms with Crippen LogP contribution in [0.1, 0.15) is 137 Å². The van der Waals surface area contributed by atoms with Crippen molar-refractivity contribution >= 4 is 19.8 Å². The third-order valence-electron chi connectivity index (χ3n) is 5.99. The Kier molecular flexibility index (Phi) is 28.4. The van der Waals surface area contributed by atoms with Gasteiger partial charge in [0.1, 0.15) is 6.61 Å². The Morgan fingerprint density at radius 3 is 1.66 bits per heavy atom. The molecule has 0 aromatic rings. The minimum absolute atomic E-state index is 0. The summed E-state index contributed by atoms with van der Waals surface area (Å²) >= 11 is 0. The fraction of sp³-hybridized carbons (Fsp3) is 0.929. The number of phosphoric ester groups is 1. The highest BCUT2D eigenvalue weighted by Gasteiger charge is 2.25. The van der Waals surface area contributed by atoms with Crippen LogP contribution in [0.3, 0.4) is 0 Å². The van der Waals surface area contributed by atoms with Gasteiger partial charge in [-0.1, -0.05) is 111 Å². The molecule has 228 valence electrons. The molecule has 10 heteroatoms. The molecule has 0 aromatic heterocycles. The van der Waals surface area contributed by atoms with Crippen LogP contribution in [0, 0.1) is 0 Å². The minimum Gasteiger partial charge on any atom is -0.462 e. The lowest BCUT2D eigenvalue weighted by atomic mass is 10.0. The van der Waals surface area contributed by atoms with E-state index in [1.165, 1.54) is 57.8 Å². The van der Waals surface area contributed by atoms with Gasteiger partial charge in [0.05, 0.1) is 13.2 Å². The normalized spacial score (nSPS) is 13.4. The van der Waals surface area contributed by atoms with Crippen molar-refractivity contribution in [3.05, 3.63) is 0 Å². The van der Waals surface area contributed by atoms with Gasteiger partial charge in [0.2, 0.25) is 0 Å². The first-order chi connectivity index (χ1) is 17.8. The molecule has 0 amide bonds. The molecule has 0 spiro atoms. The standard InChI is InChI=1S/C27H54NO8P.CH4/c1-3-5-7-9-10-11-12-13-14-15-16-18-19-26(29)33-23-25(24-35-37(31,32)34-22-21-28)36-27(30)20-17-8-6-4-2;/h25H,3-24,28H2,1-2H3,(H,31,32);1H4/t25-;/m1./s1. The Balaban J connectivity index is 0. The van der Waals surface area contributed by atoms with E-state index in [0.29, 0.717) is 6.42 Å². The average Bonchev–Trinajstić information content (AvgIpc) is 2.87. The number of rotatable bonds is 27. The zero-order valence-corrected chi connectivity index (χ0v) is 24.4. The van der Waals surface area contributed by atoms with Crippen LogP contribution in [0.25, 0.3) is 0 Å². The van der Waals surface area contributed by atoms with Crippen LogP contribution in [0.4, 0.5) is 0 Å². The van der Waals surface area contributed by atoms with Gasteiger partial charge in [-0.2, -0.15) is 0 Å². The van der Waals surface area contributed by atoms with E-state index in [1.54, 1.807) is 0 Å². The van der Waals surface area contributed by atoms with Gasteiger partial charge in [-0.15, -0.1) is 0 Å². The van der Waals surface area contributed by atoms with E-state index < -0.39 is 26.5 Å². The molecule has 2 atom stereocenters. The van der Waals surface area contributed by atoms with Crippen LogP contribution in [-0.4, -0.2) is 49.3 Å². The largest absolute Gasteiger partial charge is 0.472 e. The molecule has 0 aromatic carbocycles. The Hall–Kier alpha value is -0.990. The summed E-state index contributed by atoms with van der Waals surface area (Å²) in [6.45, 7) is 3.56. The van der Waals surface area contributed by atoms with Crippen LogP contribution >= 0.6 is 7.82 Å². The van der Waals surface area contributed by atoms with Gasteiger partial charge in [-0.3, -0.25) is 18.6 Å². The van der Waals surface area contributed by atoms with E-state index in [-0.39, 0.29) is 46.0 Å². The molecule has 9 nitrogen and oxygen atoms in total. The van der Waals surface area contributed by atoms with Crippen molar-refractivity contribution in [1.29, 1.82) is 0 Å². The van der Waals surface area contributed by atoms with Crippen molar-refractivity contribution in [2.75, 3.05) is 26.4 Å². The van der Waals surface area contributed by atoms with Crippen LogP contribution in [0.15, 0.2) is 0 Å². The smallest absolute Gasteiger partial charge is 0.462 e. The van der Waals surface area contributed by atoms with Crippen molar-refractivity contribution in [3.63, 3.8) is 0 Å². The highest BCUT2D eigenvalue weighted by Crippen LogP contribution is 2.43. The zero-order valence-electron chi connectivity index (χ0n) is 23.5. The second kappa shape index (κ2) is 27.6. The number of esters is 2. The van der Waals surface area contributed by atoms with E-state index in [9.17, 15) is 19.0 Å². The van der Waals surface area contributed by atoms with Crippen LogP contribution in [0.5, 0.6) is 0 Å². The predicted molar refractivity (Wildman–Crippen MR) is 153 cm³/mol. The first kappa shape index (κ1) is 39.2. The summed E-state index contributed by atoms with van der Waals surface area (Å²) in [6, 6.07) is 0. The summed E-state index contributed by atoms with van der Waals surface area (Å²) < 4.78 is 32.1. The van der Waals surface area contributed by atoms with Gasteiger partial charge in [0, 0.05) is 19.4 Å². The minimum atomic E-state index is -4.34. The molecular formula is C28H58NO8P. The van der Waals surface area contributed by atoms with Crippen LogP contribution in [0.2, 0.25) is 0 Å². The topological polar surface area (TPSA) is 134 Å². The summed E-state index contributed by atoms with van der Waals surface area (Å²) in [5, 5.41) is 0. The number of ether oxygens (including phenoxy) is 2. The lowest BCUT2D eigenvalue weighted by molar-refractivity contribution is -0.161. The number of carbonyl (C=O) groups excluding carboxylic acids is 2. The Morgan fingerprint density at radius 2 is 1.16 bits per heavy atom. The van der Waals surface area contributed by atoms with E-state index in [1.807, 2.05) is 0 Å². The maximum Gasteiger partial charge on any atom is 0.472 e. The molecule has 0 saturated carbocycles. The molecule has 0 aliphatic carbocycles. The lowest BCUT2D eigenvalue weighted by Gasteiger charge is -2.19.